The van der Waals surface area contributed by atoms with E-state index in [-0.39, 0.29) is 31.3 Å². The van der Waals surface area contributed by atoms with Gasteiger partial charge in [-0.2, -0.15) is 0 Å². The van der Waals surface area contributed by atoms with Crippen LogP contribution in [0.4, 0.5) is 4.39 Å². The average molecular weight is 420 g/mol. The van der Waals surface area contributed by atoms with Gasteiger partial charge in [0.2, 0.25) is 11.8 Å². The number of methoxy groups -OCH3 is 1. The average Bonchev–Trinajstić information content (AvgIpc) is 2.71. The third-order valence-corrected chi connectivity index (χ3v) is 5.27. The van der Waals surface area contributed by atoms with E-state index in [9.17, 15) is 14.0 Å². The summed E-state index contributed by atoms with van der Waals surface area (Å²) in [6.07, 6.45) is -0.0347. The first-order valence-corrected chi connectivity index (χ1v) is 9.70. The fourth-order valence-electron chi connectivity index (χ4n) is 3.35. The van der Waals surface area contributed by atoms with Crippen molar-refractivity contribution in [3.8, 4) is 5.75 Å². The number of piperazine rings is 1. The predicted molar refractivity (Wildman–Crippen MR) is 108 cm³/mol. The molecule has 0 aromatic heterocycles. The Morgan fingerprint density at radius 3 is 2.86 bits per heavy atom. The molecule has 0 spiro atoms. The van der Waals surface area contributed by atoms with E-state index in [0.29, 0.717) is 29.4 Å². The van der Waals surface area contributed by atoms with Crippen LogP contribution >= 0.6 is 11.6 Å². The number of nitrogens with zero attached hydrogens (tertiary/aromatic N) is 1. The smallest absolute Gasteiger partial charge is 0.237 e. The largest absolute Gasteiger partial charge is 0.496 e. The fourth-order valence-corrected chi connectivity index (χ4v) is 3.57. The van der Waals surface area contributed by atoms with Gasteiger partial charge in [-0.05, 0) is 18.2 Å². The molecule has 0 aliphatic carbocycles. The summed E-state index contributed by atoms with van der Waals surface area (Å²) in [5, 5.41) is 5.89. The summed E-state index contributed by atoms with van der Waals surface area (Å²) in [4.78, 5) is 26.7. The zero-order chi connectivity index (χ0) is 20.8. The molecule has 0 saturated carbocycles. The summed E-state index contributed by atoms with van der Waals surface area (Å²) in [6.45, 7) is 1.38. The lowest BCUT2D eigenvalue weighted by Crippen LogP contribution is -2.56. The Bertz CT molecular complexity index is 873. The minimum absolute atomic E-state index is 0.0347. The number of carbonyl (C=O) groups excluding carboxylic acids is 2. The van der Waals surface area contributed by atoms with Gasteiger partial charge < -0.3 is 15.4 Å². The minimum Gasteiger partial charge on any atom is -0.496 e. The zero-order valence-electron chi connectivity index (χ0n) is 16.1. The van der Waals surface area contributed by atoms with E-state index >= 15 is 0 Å². The highest BCUT2D eigenvalue weighted by Crippen LogP contribution is 2.23. The molecule has 1 fully saturated rings. The van der Waals surface area contributed by atoms with Crippen molar-refractivity contribution in [3.63, 3.8) is 0 Å². The van der Waals surface area contributed by atoms with Gasteiger partial charge in [0.25, 0.3) is 0 Å². The number of para-hydroxylation sites is 1. The third kappa shape index (κ3) is 5.25. The first-order chi connectivity index (χ1) is 14.0. The molecule has 2 N–H and O–H groups in total. The van der Waals surface area contributed by atoms with Gasteiger partial charge in [0.05, 0.1) is 19.6 Å². The van der Waals surface area contributed by atoms with Crippen LogP contribution in [-0.4, -0.2) is 43.0 Å². The molecule has 154 valence electrons. The van der Waals surface area contributed by atoms with Crippen molar-refractivity contribution in [2.75, 3.05) is 20.2 Å². The van der Waals surface area contributed by atoms with Gasteiger partial charge in [-0.3, -0.25) is 14.5 Å². The molecule has 29 heavy (non-hydrogen) atoms. The Morgan fingerprint density at radius 1 is 1.31 bits per heavy atom. The Morgan fingerprint density at radius 2 is 2.10 bits per heavy atom. The summed E-state index contributed by atoms with van der Waals surface area (Å²) >= 11 is 6.13. The number of hydrogen-bond donors (Lipinski definition) is 2. The van der Waals surface area contributed by atoms with Crippen molar-refractivity contribution in [2.24, 2.45) is 0 Å². The number of amides is 2. The van der Waals surface area contributed by atoms with E-state index < -0.39 is 11.9 Å². The molecule has 1 atom stereocenters. The molecule has 1 saturated heterocycles. The highest BCUT2D eigenvalue weighted by atomic mass is 35.5. The second-order valence-electron chi connectivity index (χ2n) is 6.77. The van der Waals surface area contributed by atoms with E-state index in [1.807, 2.05) is 24.3 Å². The van der Waals surface area contributed by atoms with Gasteiger partial charge in [-0.1, -0.05) is 35.9 Å². The molecule has 6 nitrogen and oxygen atoms in total. The van der Waals surface area contributed by atoms with Crippen molar-refractivity contribution < 1.29 is 18.7 Å². The van der Waals surface area contributed by atoms with Crippen molar-refractivity contribution in [1.82, 2.24) is 15.5 Å². The second-order valence-corrected chi connectivity index (χ2v) is 7.18. The molecule has 1 heterocycles. The van der Waals surface area contributed by atoms with Crippen LogP contribution in [0.15, 0.2) is 42.5 Å². The van der Waals surface area contributed by atoms with E-state index in [0.717, 1.165) is 5.56 Å². The first kappa shape index (κ1) is 21.1. The summed E-state index contributed by atoms with van der Waals surface area (Å²) in [5.41, 5.74) is 1.16. The van der Waals surface area contributed by atoms with E-state index in [2.05, 4.69) is 10.6 Å². The number of carbonyl (C=O) groups is 2. The Balaban J connectivity index is 1.66. The third-order valence-electron chi connectivity index (χ3n) is 4.91. The molecule has 2 amide bonds. The van der Waals surface area contributed by atoms with Crippen molar-refractivity contribution >= 4 is 23.4 Å². The molecule has 8 heteroatoms. The number of hydrogen-bond acceptors (Lipinski definition) is 4. The van der Waals surface area contributed by atoms with E-state index in [4.69, 9.17) is 16.3 Å². The van der Waals surface area contributed by atoms with Crippen LogP contribution in [0.1, 0.15) is 17.5 Å². The highest BCUT2D eigenvalue weighted by molar-refractivity contribution is 6.31. The van der Waals surface area contributed by atoms with E-state index in [1.54, 1.807) is 18.1 Å². The lowest BCUT2D eigenvalue weighted by molar-refractivity contribution is -0.134. The summed E-state index contributed by atoms with van der Waals surface area (Å²) < 4.78 is 19.4. The van der Waals surface area contributed by atoms with Gasteiger partial charge >= 0.3 is 0 Å². The fraction of sp³-hybridized carbons (Fsp3) is 0.333. The predicted octanol–water partition coefficient (Wildman–Crippen LogP) is 2.49. The van der Waals surface area contributed by atoms with Crippen molar-refractivity contribution in [3.05, 3.63) is 64.4 Å². The minimum atomic E-state index is -0.697. The van der Waals surface area contributed by atoms with Crippen molar-refractivity contribution in [1.29, 1.82) is 0 Å². The molecule has 3 rings (SSSR count). The topological polar surface area (TPSA) is 70.7 Å². The lowest BCUT2D eigenvalue weighted by Gasteiger charge is -2.35. The molecule has 0 radical (unpaired) electrons. The SMILES string of the molecule is COc1ccccc1CNC(=O)CC1C(=O)NCCN1Cc1c(F)cccc1Cl. The Kier molecular flexibility index (Phi) is 7.06. The van der Waals surface area contributed by atoms with Gasteiger partial charge in [0.15, 0.2) is 0 Å². The van der Waals surface area contributed by atoms with Gasteiger partial charge in [0, 0.05) is 42.3 Å². The molecule has 1 unspecified atom stereocenters. The van der Waals surface area contributed by atoms with Crippen LogP contribution in [0.5, 0.6) is 5.75 Å². The van der Waals surface area contributed by atoms with Gasteiger partial charge in [0.1, 0.15) is 11.6 Å². The Hall–Kier alpha value is -2.64. The second kappa shape index (κ2) is 9.71. The number of benzene rings is 2. The standard InChI is InChI=1S/C21H23ClFN3O3/c1-29-19-8-3-2-5-14(19)12-25-20(27)11-18-21(28)24-9-10-26(18)13-15-16(22)6-4-7-17(15)23/h2-8,18H,9-13H2,1H3,(H,24,28)(H,25,27). The maximum atomic E-state index is 14.2. The van der Waals surface area contributed by atoms with Gasteiger partial charge in [-0.15, -0.1) is 0 Å². The van der Waals surface area contributed by atoms with Crippen LogP contribution in [0.3, 0.4) is 0 Å². The maximum absolute atomic E-state index is 14.2. The molecular weight excluding hydrogens is 397 g/mol. The molecule has 2 aromatic carbocycles. The van der Waals surface area contributed by atoms with Gasteiger partial charge in [-0.25, -0.2) is 4.39 Å². The quantitative estimate of drug-likeness (QED) is 0.723. The van der Waals surface area contributed by atoms with E-state index in [1.165, 1.54) is 12.1 Å². The zero-order valence-corrected chi connectivity index (χ0v) is 16.8. The van der Waals surface area contributed by atoms with Crippen LogP contribution in [0, 0.1) is 5.82 Å². The monoisotopic (exact) mass is 419 g/mol. The van der Waals surface area contributed by atoms with Crippen LogP contribution in [0.2, 0.25) is 5.02 Å². The van der Waals surface area contributed by atoms with Crippen LogP contribution in [0.25, 0.3) is 0 Å². The molecule has 0 bridgehead atoms. The molecule has 1 aliphatic heterocycles. The first-order valence-electron chi connectivity index (χ1n) is 9.33. The number of nitrogens with one attached hydrogen (secondary N) is 2. The summed E-state index contributed by atoms with van der Waals surface area (Å²) in [7, 11) is 1.57. The van der Waals surface area contributed by atoms with Crippen LogP contribution < -0.4 is 15.4 Å². The highest BCUT2D eigenvalue weighted by Gasteiger charge is 2.32. The summed E-state index contributed by atoms with van der Waals surface area (Å²) in [5.74, 6) is -0.277. The lowest BCUT2D eigenvalue weighted by atomic mass is 10.1. The Labute approximate surface area is 174 Å². The normalized spacial score (nSPS) is 16.9. The molecule has 2 aromatic rings. The number of halogens is 2. The number of ether oxygens (including phenoxy) is 1. The maximum Gasteiger partial charge on any atom is 0.237 e. The number of rotatable bonds is 7. The summed E-state index contributed by atoms with van der Waals surface area (Å²) in [6, 6.07) is 11.2. The molecular formula is C21H23ClFN3O3. The van der Waals surface area contributed by atoms with Crippen molar-refractivity contribution in [2.45, 2.75) is 25.6 Å². The molecule has 1 aliphatic rings. The van der Waals surface area contributed by atoms with Crippen LogP contribution in [-0.2, 0) is 22.7 Å².